The van der Waals surface area contributed by atoms with E-state index in [0.717, 1.165) is 6.42 Å². The second-order valence-electron chi connectivity index (χ2n) is 2.80. The van der Waals surface area contributed by atoms with Gasteiger partial charge in [0.2, 0.25) is 0 Å². The number of nitrogens with one attached hydrogen (secondary N) is 1. The van der Waals surface area contributed by atoms with Crippen molar-refractivity contribution in [1.29, 1.82) is 0 Å². The van der Waals surface area contributed by atoms with Crippen LogP contribution in [-0.2, 0) is 0 Å². The fourth-order valence-corrected chi connectivity index (χ4v) is 1.08. The van der Waals surface area contributed by atoms with Crippen LogP contribution < -0.4 is 5.32 Å². The van der Waals surface area contributed by atoms with Crippen molar-refractivity contribution in [3.05, 3.63) is 61.4 Å². The van der Waals surface area contributed by atoms with Crippen molar-refractivity contribution in [3.8, 4) is 0 Å². The first-order valence-electron chi connectivity index (χ1n) is 4.47. The molecule has 1 unspecified atom stereocenters. The van der Waals surface area contributed by atoms with Crippen LogP contribution in [0.4, 0.5) is 0 Å². The SMILES string of the molecule is C=C/C=C\C=C\NC1C=CC=CC1. The molecule has 0 bridgehead atoms. The summed E-state index contributed by atoms with van der Waals surface area (Å²) in [6.45, 7) is 3.59. The fourth-order valence-electron chi connectivity index (χ4n) is 1.08. The molecule has 1 N–H and O–H groups in total. The Labute approximate surface area is 79.8 Å². The Kier molecular flexibility index (Phi) is 4.47. The van der Waals surface area contributed by atoms with E-state index in [1.54, 1.807) is 6.08 Å². The van der Waals surface area contributed by atoms with E-state index < -0.39 is 0 Å². The molecule has 0 aromatic carbocycles. The molecule has 0 saturated heterocycles. The molecule has 1 nitrogen and oxygen atoms in total. The van der Waals surface area contributed by atoms with Crippen LogP contribution in [0.25, 0.3) is 0 Å². The van der Waals surface area contributed by atoms with Crippen LogP contribution in [0, 0.1) is 0 Å². The van der Waals surface area contributed by atoms with Gasteiger partial charge in [0, 0.05) is 6.04 Å². The normalized spacial score (nSPS) is 21.4. The van der Waals surface area contributed by atoms with Crippen LogP contribution in [0.3, 0.4) is 0 Å². The Hall–Kier alpha value is -1.50. The van der Waals surface area contributed by atoms with E-state index >= 15 is 0 Å². The van der Waals surface area contributed by atoms with Crippen LogP contribution in [0.15, 0.2) is 61.4 Å². The summed E-state index contributed by atoms with van der Waals surface area (Å²) >= 11 is 0. The van der Waals surface area contributed by atoms with Crippen LogP contribution in [0.2, 0.25) is 0 Å². The maximum Gasteiger partial charge on any atom is 0.0476 e. The largest absolute Gasteiger partial charge is 0.384 e. The first-order valence-corrected chi connectivity index (χ1v) is 4.47. The lowest BCUT2D eigenvalue weighted by Crippen LogP contribution is -2.21. The highest BCUT2D eigenvalue weighted by Gasteiger charge is 1.99. The van der Waals surface area contributed by atoms with Gasteiger partial charge in [0.15, 0.2) is 0 Å². The van der Waals surface area contributed by atoms with Gasteiger partial charge < -0.3 is 5.32 Å². The second-order valence-corrected chi connectivity index (χ2v) is 2.80. The minimum atomic E-state index is 0.443. The molecule has 0 fully saturated rings. The van der Waals surface area contributed by atoms with Crippen LogP contribution >= 0.6 is 0 Å². The van der Waals surface area contributed by atoms with Crippen LogP contribution in [-0.4, -0.2) is 6.04 Å². The molecule has 13 heavy (non-hydrogen) atoms. The summed E-state index contributed by atoms with van der Waals surface area (Å²) in [5.74, 6) is 0. The number of hydrogen-bond donors (Lipinski definition) is 1. The summed E-state index contributed by atoms with van der Waals surface area (Å²) in [5, 5.41) is 3.28. The highest BCUT2D eigenvalue weighted by Crippen LogP contribution is 2.01. The summed E-state index contributed by atoms with van der Waals surface area (Å²) in [6, 6.07) is 0.443. The molecular formula is C12H15N. The van der Waals surface area contributed by atoms with Crippen molar-refractivity contribution in [2.75, 3.05) is 0 Å². The van der Waals surface area contributed by atoms with Gasteiger partial charge >= 0.3 is 0 Å². The van der Waals surface area contributed by atoms with Crippen molar-refractivity contribution >= 4 is 0 Å². The minimum Gasteiger partial charge on any atom is -0.384 e. The molecule has 0 aromatic heterocycles. The molecule has 0 amide bonds. The lowest BCUT2D eigenvalue weighted by molar-refractivity contribution is 0.705. The van der Waals surface area contributed by atoms with Gasteiger partial charge in [0.05, 0.1) is 0 Å². The molecule has 1 heteroatoms. The maximum absolute atomic E-state index is 3.59. The number of allylic oxidation sites excluding steroid dienone is 6. The van der Waals surface area contributed by atoms with Gasteiger partial charge in [0.25, 0.3) is 0 Å². The lowest BCUT2D eigenvalue weighted by atomic mass is 10.1. The molecule has 1 rings (SSSR count). The Morgan fingerprint density at radius 3 is 2.85 bits per heavy atom. The summed E-state index contributed by atoms with van der Waals surface area (Å²) in [4.78, 5) is 0. The molecule has 0 saturated carbocycles. The van der Waals surface area contributed by atoms with Gasteiger partial charge in [-0.2, -0.15) is 0 Å². The third-order valence-electron chi connectivity index (χ3n) is 1.75. The number of rotatable bonds is 4. The Bertz CT molecular complexity index is 256. The standard InChI is InChI=1S/C12H15N/c1-2-3-4-8-11-13-12-9-6-5-7-10-12/h2-9,11-13H,1,10H2/b4-3-,11-8+. The summed E-state index contributed by atoms with van der Waals surface area (Å²) in [6.07, 6.45) is 19.0. The first-order chi connectivity index (χ1) is 6.43. The smallest absolute Gasteiger partial charge is 0.0476 e. The van der Waals surface area contributed by atoms with Gasteiger partial charge in [-0.25, -0.2) is 0 Å². The first kappa shape index (κ1) is 9.59. The molecule has 0 heterocycles. The van der Waals surface area contributed by atoms with E-state index in [2.05, 4.69) is 36.2 Å². The average Bonchev–Trinajstić information content (AvgIpc) is 2.19. The molecule has 1 atom stereocenters. The molecule has 68 valence electrons. The topological polar surface area (TPSA) is 12.0 Å². The molecular weight excluding hydrogens is 158 g/mol. The van der Waals surface area contributed by atoms with E-state index in [-0.39, 0.29) is 0 Å². The number of hydrogen-bond acceptors (Lipinski definition) is 1. The fraction of sp³-hybridized carbons (Fsp3) is 0.167. The molecule has 0 radical (unpaired) electrons. The van der Waals surface area contributed by atoms with Gasteiger partial charge in [-0.15, -0.1) is 0 Å². The van der Waals surface area contributed by atoms with E-state index in [1.165, 1.54) is 0 Å². The molecule has 0 aliphatic heterocycles. The third-order valence-corrected chi connectivity index (χ3v) is 1.75. The van der Waals surface area contributed by atoms with E-state index in [9.17, 15) is 0 Å². The van der Waals surface area contributed by atoms with E-state index in [1.807, 2.05) is 24.4 Å². The van der Waals surface area contributed by atoms with Crippen molar-refractivity contribution in [2.24, 2.45) is 0 Å². The Morgan fingerprint density at radius 2 is 2.15 bits per heavy atom. The van der Waals surface area contributed by atoms with Crippen molar-refractivity contribution in [2.45, 2.75) is 12.5 Å². The van der Waals surface area contributed by atoms with E-state index in [0.29, 0.717) is 6.04 Å². The molecule has 0 aromatic rings. The Morgan fingerprint density at radius 1 is 1.23 bits per heavy atom. The quantitative estimate of drug-likeness (QED) is 0.644. The van der Waals surface area contributed by atoms with E-state index in [4.69, 9.17) is 0 Å². The summed E-state index contributed by atoms with van der Waals surface area (Å²) in [5.41, 5.74) is 0. The monoisotopic (exact) mass is 173 g/mol. The molecule has 1 aliphatic rings. The van der Waals surface area contributed by atoms with Crippen molar-refractivity contribution in [1.82, 2.24) is 5.32 Å². The molecule has 1 aliphatic carbocycles. The van der Waals surface area contributed by atoms with Crippen molar-refractivity contribution < 1.29 is 0 Å². The highest BCUT2D eigenvalue weighted by molar-refractivity contribution is 5.15. The third kappa shape index (κ3) is 4.16. The second kappa shape index (κ2) is 6.06. The zero-order valence-electron chi connectivity index (χ0n) is 7.69. The lowest BCUT2D eigenvalue weighted by Gasteiger charge is -2.12. The van der Waals surface area contributed by atoms with Crippen LogP contribution in [0.5, 0.6) is 0 Å². The summed E-state index contributed by atoms with van der Waals surface area (Å²) in [7, 11) is 0. The maximum atomic E-state index is 3.59. The molecule has 0 spiro atoms. The summed E-state index contributed by atoms with van der Waals surface area (Å²) < 4.78 is 0. The van der Waals surface area contributed by atoms with Gasteiger partial charge in [-0.1, -0.05) is 49.1 Å². The zero-order valence-corrected chi connectivity index (χ0v) is 7.69. The highest BCUT2D eigenvalue weighted by atomic mass is 14.9. The predicted octanol–water partition coefficient (Wildman–Crippen LogP) is 2.72. The zero-order chi connectivity index (χ0) is 9.36. The van der Waals surface area contributed by atoms with Gasteiger partial charge in [-0.05, 0) is 18.7 Å². The Balaban J connectivity index is 2.22. The van der Waals surface area contributed by atoms with Gasteiger partial charge in [-0.3, -0.25) is 0 Å². The minimum absolute atomic E-state index is 0.443. The predicted molar refractivity (Wildman–Crippen MR) is 58.3 cm³/mol. The van der Waals surface area contributed by atoms with Crippen LogP contribution in [0.1, 0.15) is 6.42 Å². The van der Waals surface area contributed by atoms with Gasteiger partial charge in [0.1, 0.15) is 0 Å². The average molecular weight is 173 g/mol. The van der Waals surface area contributed by atoms with Crippen molar-refractivity contribution in [3.63, 3.8) is 0 Å².